The number of rotatable bonds is 3. The maximum absolute atomic E-state index is 13.1. The van der Waals surface area contributed by atoms with E-state index in [0.717, 1.165) is 6.54 Å². The summed E-state index contributed by atoms with van der Waals surface area (Å²) in [6.45, 7) is 9.93. The van der Waals surface area contributed by atoms with Crippen LogP contribution >= 0.6 is 0 Å². The molecule has 0 amide bonds. The summed E-state index contributed by atoms with van der Waals surface area (Å²) < 4.78 is 13.1. The van der Waals surface area contributed by atoms with Crippen LogP contribution in [-0.2, 0) is 0 Å². The minimum Gasteiger partial charge on any atom is -0.397 e. The molecule has 17 heavy (non-hydrogen) atoms. The minimum absolute atomic E-state index is 0.254. The summed E-state index contributed by atoms with van der Waals surface area (Å²) in [5, 5.41) is 3.26. The third-order valence-electron chi connectivity index (χ3n) is 4.83. The van der Waals surface area contributed by atoms with Gasteiger partial charge in [0.25, 0.3) is 0 Å². The Kier molecular flexibility index (Phi) is 2.60. The molecule has 2 rings (SSSR count). The van der Waals surface area contributed by atoms with E-state index in [2.05, 4.69) is 33.0 Å². The molecule has 0 bridgehead atoms. The number of hydrogen-bond acceptors (Lipinski definition) is 2. The van der Waals surface area contributed by atoms with E-state index in [9.17, 15) is 4.39 Å². The second-order valence-corrected chi connectivity index (χ2v) is 6.11. The molecule has 1 aromatic carbocycles. The van der Waals surface area contributed by atoms with Crippen LogP contribution in [-0.4, -0.2) is 6.54 Å². The van der Waals surface area contributed by atoms with E-state index in [-0.39, 0.29) is 5.82 Å². The van der Waals surface area contributed by atoms with Crippen molar-refractivity contribution in [3.63, 3.8) is 0 Å². The first-order valence-electron chi connectivity index (χ1n) is 6.05. The van der Waals surface area contributed by atoms with Crippen LogP contribution in [0.3, 0.4) is 0 Å². The summed E-state index contributed by atoms with van der Waals surface area (Å²) in [4.78, 5) is 0. The smallest absolute Gasteiger partial charge is 0.125 e. The maximum Gasteiger partial charge on any atom is 0.125 e. The first kappa shape index (κ1) is 12.2. The maximum atomic E-state index is 13.1. The van der Waals surface area contributed by atoms with Crippen molar-refractivity contribution in [1.82, 2.24) is 0 Å². The molecule has 1 saturated carbocycles. The van der Waals surface area contributed by atoms with Gasteiger partial charge in [-0.1, -0.05) is 27.7 Å². The average Bonchev–Trinajstić information content (AvgIpc) is 2.60. The Morgan fingerprint density at radius 3 is 2.35 bits per heavy atom. The van der Waals surface area contributed by atoms with Crippen molar-refractivity contribution in [3.8, 4) is 0 Å². The van der Waals surface area contributed by atoms with Crippen LogP contribution in [0.2, 0.25) is 0 Å². The molecular formula is C14H21FN2. The van der Waals surface area contributed by atoms with Gasteiger partial charge in [0.1, 0.15) is 5.82 Å². The molecule has 1 aliphatic carbocycles. The standard InChI is InChI=1S/C14H21FN2/c1-13(2)12(14(13,3)4)8-17-11-7-9(15)5-6-10(11)16/h5-7,12,17H,8,16H2,1-4H3. The molecule has 0 unspecified atom stereocenters. The van der Waals surface area contributed by atoms with Crippen molar-refractivity contribution in [2.24, 2.45) is 16.7 Å². The Morgan fingerprint density at radius 2 is 1.82 bits per heavy atom. The van der Waals surface area contributed by atoms with Crippen LogP contribution in [0.15, 0.2) is 18.2 Å². The molecule has 0 spiro atoms. The van der Waals surface area contributed by atoms with Gasteiger partial charge in [-0.05, 0) is 34.9 Å². The Morgan fingerprint density at radius 1 is 1.24 bits per heavy atom. The van der Waals surface area contributed by atoms with Crippen LogP contribution < -0.4 is 11.1 Å². The van der Waals surface area contributed by atoms with Gasteiger partial charge in [-0.2, -0.15) is 0 Å². The summed E-state index contributed by atoms with van der Waals surface area (Å²) in [7, 11) is 0. The van der Waals surface area contributed by atoms with Crippen LogP contribution in [0.5, 0.6) is 0 Å². The molecule has 1 aromatic rings. The van der Waals surface area contributed by atoms with Crippen molar-refractivity contribution < 1.29 is 4.39 Å². The van der Waals surface area contributed by atoms with Gasteiger partial charge in [-0.25, -0.2) is 4.39 Å². The van der Waals surface area contributed by atoms with Gasteiger partial charge in [0.2, 0.25) is 0 Å². The summed E-state index contributed by atoms with van der Waals surface area (Å²) in [5.41, 5.74) is 7.77. The van der Waals surface area contributed by atoms with Gasteiger partial charge < -0.3 is 11.1 Å². The number of nitrogen functional groups attached to an aromatic ring is 1. The highest BCUT2D eigenvalue weighted by Crippen LogP contribution is 2.68. The Hall–Kier alpha value is -1.25. The first-order valence-corrected chi connectivity index (χ1v) is 6.05. The van der Waals surface area contributed by atoms with E-state index in [1.165, 1.54) is 12.1 Å². The second-order valence-electron chi connectivity index (χ2n) is 6.11. The minimum atomic E-state index is -0.254. The van der Waals surface area contributed by atoms with E-state index in [1.807, 2.05) is 0 Å². The van der Waals surface area contributed by atoms with Gasteiger partial charge in [0.05, 0.1) is 11.4 Å². The van der Waals surface area contributed by atoms with Crippen molar-refractivity contribution in [2.75, 3.05) is 17.6 Å². The van der Waals surface area contributed by atoms with E-state index in [0.29, 0.717) is 28.1 Å². The molecule has 0 heterocycles. The number of anilines is 2. The lowest BCUT2D eigenvalue weighted by molar-refractivity contribution is 0.457. The lowest BCUT2D eigenvalue weighted by Crippen LogP contribution is -2.09. The summed E-state index contributed by atoms with van der Waals surface area (Å²) in [6, 6.07) is 4.43. The van der Waals surface area contributed by atoms with E-state index >= 15 is 0 Å². The summed E-state index contributed by atoms with van der Waals surface area (Å²) in [6.07, 6.45) is 0. The molecule has 0 aliphatic heterocycles. The lowest BCUT2D eigenvalue weighted by atomic mass is 10.0. The van der Waals surface area contributed by atoms with Gasteiger partial charge in [-0.15, -0.1) is 0 Å². The lowest BCUT2D eigenvalue weighted by Gasteiger charge is -2.10. The van der Waals surface area contributed by atoms with Crippen LogP contribution in [0.25, 0.3) is 0 Å². The van der Waals surface area contributed by atoms with Crippen LogP contribution in [0, 0.1) is 22.6 Å². The molecule has 3 heteroatoms. The van der Waals surface area contributed by atoms with Crippen molar-refractivity contribution in [3.05, 3.63) is 24.0 Å². The monoisotopic (exact) mass is 236 g/mol. The average molecular weight is 236 g/mol. The first-order chi connectivity index (χ1) is 7.76. The predicted octanol–water partition coefficient (Wildman–Crippen LogP) is 3.50. The molecule has 0 aromatic heterocycles. The Balaban J connectivity index is 2.03. The van der Waals surface area contributed by atoms with Crippen molar-refractivity contribution in [2.45, 2.75) is 27.7 Å². The second kappa shape index (κ2) is 3.62. The van der Waals surface area contributed by atoms with Gasteiger partial charge in [0.15, 0.2) is 0 Å². The number of halogens is 1. The number of benzene rings is 1. The Labute approximate surface area is 102 Å². The van der Waals surface area contributed by atoms with Gasteiger partial charge >= 0.3 is 0 Å². The highest BCUT2D eigenvalue weighted by atomic mass is 19.1. The molecule has 1 aliphatic rings. The SMILES string of the molecule is CC1(C)C(CNc2cc(F)ccc2N)C1(C)C. The number of hydrogen-bond donors (Lipinski definition) is 2. The molecule has 1 fully saturated rings. The van der Waals surface area contributed by atoms with Gasteiger partial charge in [-0.3, -0.25) is 0 Å². The van der Waals surface area contributed by atoms with Crippen molar-refractivity contribution in [1.29, 1.82) is 0 Å². The summed E-state index contributed by atoms with van der Waals surface area (Å²) >= 11 is 0. The quantitative estimate of drug-likeness (QED) is 0.788. The summed E-state index contributed by atoms with van der Waals surface area (Å²) in [5.74, 6) is 0.341. The molecular weight excluding hydrogens is 215 g/mol. The van der Waals surface area contributed by atoms with Crippen molar-refractivity contribution >= 4 is 11.4 Å². The predicted molar refractivity (Wildman–Crippen MR) is 70.4 cm³/mol. The zero-order chi connectivity index (χ0) is 12.8. The topological polar surface area (TPSA) is 38.0 Å². The third kappa shape index (κ3) is 1.88. The van der Waals surface area contributed by atoms with Crippen LogP contribution in [0.4, 0.5) is 15.8 Å². The fourth-order valence-corrected chi connectivity index (χ4v) is 2.74. The fraction of sp³-hybridized carbons (Fsp3) is 0.571. The molecule has 0 atom stereocenters. The Bertz CT molecular complexity index is 424. The van der Waals surface area contributed by atoms with E-state index in [4.69, 9.17) is 5.73 Å². The highest BCUT2D eigenvalue weighted by molar-refractivity contribution is 5.66. The number of nitrogens with one attached hydrogen (secondary N) is 1. The number of nitrogens with two attached hydrogens (primary N) is 1. The molecule has 94 valence electrons. The fourth-order valence-electron chi connectivity index (χ4n) is 2.74. The molecule has 0 radical (unpaired) electrons. The largest absolute Gasteiger partial charge is 0.397 e. The van der Waals surface area contributed by atoms with Crippen LogP contribution in [0.1, 0.15) is 27.7 Å². The normalized spacial score (nSPS) is 21.2. The van der Waals surface area contributed by atoms with Gasteiger partial charge in [0, 0.05) is 6.54 Å². The molecule has 2 nitrogen and oxygen atoms in total. The zero-order valence-electron chi connectivity index (χ0n) is 11.0. The molecule has 3 N–H and O–H groups in total. The molecule has 0 saturated heterocycles. The highest BCUT2D eigenvalue weighted by Gasteiger charge is 2.64. The third-order valence-corrected chi connectivity index (χ3v) is 4.83. The van der Waals surface area contributed by atoms with E-state index in [1.54, 1.807) is 6.07 Å². The zero-order valence-corrected chi connectivity index (χ0v) is 11.0. The van der Waals surface area contributed by atoms with E-state index < -0.39 is 0 Å².